The van der Waals surface area contributed by atoms with Gasteiger partial charge in [0.15, 0.2) is 0 Å². The Morgan fingerprint density at radius 3 is 2.25 bits per heavy atom. The molecule has 1 aromatic carbocycles. The Hall–Kier alpha value is -1.07. The maximum atomic E-state index is 12.0. The molecule has 4 nitrogen and oxygen atoms in total. The standard InChI is InChI=1S/C15H22BrN3O/c1-9(2)5-6-12(17)10-7-13-14(8-11(10)16)19(4)15(20)18(13)3/h7-9,12H,5-6,17H2,1-4H3. The molecule has 20 heavy (non-hydrogen) atoms. The molecular weight excluding hydrogens is 318 g/mol. The molecule has 0 fully saturated rings. The van der Waals surface area contributed by atoms with Crippen LogP contribution in [0.5, 0.6) is 0 Å². The Labute approximate surface area is 127 Å². The SMILES string of the molecule is CC(C)CCC(N)c1cc2c(cc1Br)n(C)c(=O)n2C. The van der Waals surface area contributed by atoms with Crippen LogP contribution >= 0.6 is 15.9 Å². The molecule has 1 atom stereocenters. The predicted molar refractivity (Wildman–Crippen MR) is 86.9 cm³/mol. The van der Waals surface area contributed by atoms with E-state index in [1.807, 2.05) is 12.1 Å². The lowest BCUT2D eigenvalue weighted by Gasteiger charge is -2.15. The highest BCUT2D eigenvalue weighted by molar-refractivity contribution is 9.10. The average molecular weight is 340 g/mol. The van der Waals surface area contributed by atoms with Crippen molar-refractivity contribution in [1.82, 2.24) is 9.13 Å². The summed E-state index contributed by atoms with van der Waals surface area (Å²) in [6, 6.07) is 4.01. The summed E-state index contributed by atoms with van der Waals surface area (Å²) >= 11 is 3.59. The number of nitrogens with zero attached hydrogens (tertiary/aromatic N) is 2. The molecule has 0 aliphatic carbocycles. The highest BCUT2D eigenvalue weighted by Gasteiger charge is 2.15. The Morgan fingerprint density at radius 2 is 1.70 bits per heavy atom. The average Bonchev–Trinajstić information content (AvgIpc) is 2.60. The van der Waals surface area contributed by atoms with E-state index in [4.69, 9.17) is 5.73 Å². The monoisotopic (exact) mass is 339 g/mol. The van der Waals surface area contributed by atoms with Gasteiger partial charge < -0.3 is 5.73 Å². The molecule has 1 heterocycles. The van der Waals surface area contributed by atoms with Crippen LogP contribution in [-0.4, -0.2) is 9.13 Å². The van der Waals surface area contributed by atoms with Crippen molar-refractivity contribution in [3.8, 4) is 0 Å². The van der Waals surface area contributed by atoms with Crippen LogP contribution in [0.2, 0.25) is 0 Å². The van der Waals surface area contributed by atoms with E-state index < -0.39 is 0 Å². The van der Waals surface area contributed by atoms with Crippen LogP contribution in [0.1, 0.15) is 38.3 Å². The third-order valence-corrected chi connectivity index (χ3v) is 4.53. The summed E-state index contributed by atoms with van der Waals surface area (Å²) in [5.74, 6) is 0.643. The van der Waals surface area contributed by atoms with Crippen molar-refractivity contribution in [3.63, 3.8) is 0 Å². The summed E-state index contributed by atoms with van der Waals surface area (Å²) in [7, 11) is 3.58. The maximum absolute atomic E-state index is 12.0. The van der Waals surface area contributed by atoms with E-state index in [1.165, 1.54) is 0 Å². The first-order valence-electron chi connectivity index (χ1n) is 6.93. The summed E-state index contributed by atoms with van der Waals surface area (Å²) in [6.45, 7) is 4.40. The topological polar surface area (TPSA) is 52.9 Å². The summed E-state index contributed by atoms with van der Waals surface area (Å²) < 4.78 is 4.30. The van der Waals surface area contributed by atoms with Crippen LogP contribution < -0.4 is 11.4 Å². The van der Waals surface area contributed by atoms with Gasteiger partial charge >= 0.3 is 5.69 Å². The van der Waals surface area contributed by atoms with Gasteiger partial charge in [-0.2, -0.15) is 0 Å². The number of hydrogen-bond donors (Lipinski definition) is 1. The lowest BCUT2D eigenvalue weighted by atomic mass is 9.98. The van der Waals surface area contributed by atoms with Gasteiger partial charge in [-0.25, -0.2) is 4.79 Å². The van der Waals surface area contributed by atoms with Crippen molar-refractivity contribution in [2.24, 2.45) is 25.7 Å². The van der Waals surface area contributed by atoms with Crippen LogP contribution in [0, 0.1) is 5.92 Å². The zero-order chi connectivity index (χ0) is 15.0. The van der Waals surface area contributed by atoms with E-state index >= 15 is 0 Å². The van der Waals surface area contributed by atoms with E-state index in [2.05, 4.69) is 29.8 Å². The van der Waals surface area contributed by atoms with Crippen LogP contribution in [0.4, 0.5) is 0 Å². The van der Waals surface area contributed by atoms with Gasteiger partial charge in [0.05, 0.1) is 11.0 Å². The van der Waals surface area contributed by atoms with Gasteiger partial charge in [-0.1, -0.05) is 29.8 Å². The van der Waals surface area contributed by atoms with Gasteiger partial charge in [0.2, 0.25) is 0 Å². The molecule has 0 spiro atoms. The number of hydrogen-bond acceptors (Lipinski definition) is 2. The second-order valence-electron chi connectivity index (χ2n) is 5.84. The van der Waals surface area contributed by atoms with Crippen LogP contribution in [-0.2, 0) is 14.1 Å². The minimum atomic E-state index is -0.0141. The molecule has 2 rings (SSSR count). The molecule has 0 bridgehead atoms. The molecule has 1 aromatic heterocycles. The summed E-state index contributed by atoms with van der Waals surface area (Å²) in [4.78, 5) is 12.0. The minimum Gasteiger partial charge on any atom is -0.324 e. The van der Waals surface area contributed by atoms with Crippen LogP contribution in [0.15, 0.2) is 21.4 Å². The lowest BCUT2D eigenvalue weighted by molar-refractivity contribution is 0.506. The fourth-order valence-corrected chi connectivity index (χ4v) is 3.11. The van der Waals surface area contributed by atoms with Gasteiger partial charge in [0, 0.05) is 24.6 Å². The molecule has 0 aliphatic rings. The number of imidazole rings is 1. The number of benzene rings is 1. The number of halogens is 1. The van der Waals surface area contributed by atoms with Crippen molar-refractivity contribution in [2.45, 2.75) is 32.7 Å². The van der Waals surface area contributed by atoms with E-state index in [-0.39, 0.29) is 11.7 Å². The van der Waals surface area contributed by atoms with Crippen molar-refractivity contribution in [3.05, 3.63) is 32.7 Å². The van der Waals surface area contributed by atoms with Gasteiger partial charge in [-0.3, -0.25) is 9.13 Å². The quantitative estimate of drug-likeness (QED) is 0.930. The van der Waals surface area contributed by atoms with E-state index in [0.29, 0.717) is 5.92 Å². The first kappa shape index (κ1) is 15.3. The highest BCUT2D eigenvalue weighted by Crippen LogP contribution is 2.30. The molecule has 0 saturated heterocycles. The fourth-order valence-electron chi connectivity index (χ4n) is 2.49. The third-order valence-electron chi connectivity index (χ3n) is 3.84. The number of rotatable bonds is 4. The smallest absolute Gasteiger partial charge is 0.324 e. The van der Waals surface area contributed by atoms with Crippen molar-refractivity contribution in [2.75, 3.05) is 0 Å². The second kappa shape index (κ2) is 5.74. The highest BCUT2D eigenvalue weighted by atomic mass is 79.9. The summed E-state index contributed by atoms with van der Waals surface area (Å²) in [6.07, 6.45) is 2.04. The van der Waals surface area contributed by atoms with E-state index in [0.717, 1.165) is 33.9 Å². The second-order valence-corrected chi connectivity index (χ2v) is 6.70. The molecule has 5 heteroatoms. The molecule has 1 unspecified atom stereocenters. The van der Waals surface area contributed by atoms with Gasteiger partial charge in [-0.05, 0) is 36.5 Å². The molecule has 2 aromatic rings. The lowest BCUT2D eigenvalue weighted by Crippen LogP contribution is -2.19. The van der Waals surface area contributed by atoms with Gasteiger partial charge in [0.1, 0.15) is 0 Å². The number of nitrogens with two attached hydrogens (primary N) is 1. The molecule has 0 saturated carbocycles. The van der Waals surface area contributed by atoms with Crippen molar-refractivity contribution >= 4 is 27.0 Å². The number of fused-ring (bicyclic) bond motifs is 1. The van der Waals surface area contributed by atoms with E-state index in [1.54, 1.807) is 23.2 Å². The van der Waals surface area contributed by atoms with Crippen molar-refractivity contribution in [1.29, 1.82) is 0 Å². The maximum Gasteiger partial charge on any atom is 0.328 e. The predicted octanol–water partition coefficient (Wildman–Crippen LogP) is 3.08. The molecule has 0 amide bonds. The molecule has 0 aliphatic heterocycles. The minimum absolute atomic E-state index is 0.00789. The van der Waals surface area contributed by atoms with Crippen LogP contribution in [0.25, 0.3) is 11.0 Å². The Morgan fingerprint density at radius 1 is 1.15 bits per heavy atom. The number of aromatic nitrogens is 2. The van der Waals surface area contributed by atoms with Gasteiger partial charge in [0.25, 0.3) is 0 Å². The van der Waals surface area contributed by atoms with Crippen molar-refractivity contribution < 1.29 is 0 Å². The Kier molecular flexibility index (Phi) is 4.39. The Bertz CT molecular complexity index is 684. The van der Waals surface area contributed by atoms with Crippen LogP contribution in [0.3, 0.4) is 0 Å². The third kappa shape index (κ3) is 2.69. The molecule has 0 radical (unpaired) electrons. The first-order chi connectivity index (χ1) is 9.32. The normalized spacial score (nSPS) is 13.3. The summed E-state index contributed by atoms with van der Waals surface area (Å²) in [5.41, 5.74) is 9.21. The Balaban J connectivity index is 2.47. The summed E-state index contributed by atoms with van der Waals surface area (Å²) in [5, 5.41) is 0. The first-order valence-corrected chi connectivity index (χ1v) is 7.72. The fraction of sp³-hybridized carbons (Fsp3) is 0.533. The zero-order valence-corrected chi connectivity index (χ0v) is 14.1. The zero-order valence-electron chi connectivity index (χ0n) is 12.5. The largest absolute Gasteiger partial charge is 0.328 e. The molecular formula is C15H22BrN3O. The van der Waals surface area contributed by atoms with Gasteiger partial charge in [-0.15, -0.1) is 0 Å². The molecule has 110 valence electrons. The molecule has 2 N–H and O–H groups in total. The van der Waals surface area contributed by atoms with E-state index in [9.17, 15) is 4.79 Å². The number of aryl methyl sites for hydroxylation is 2.